The Kier molecular flexibility index (Phi) is 5.57. The van der Waals surface area contributed by atoms with Crippen LogP contribution in [0.5, 0.6) is 0 Å². The van der Waals surface area contributed by atoms with E-state index in [2.05, 4.69) is 10.6 Å². The largest absolute Gasteiger partial charge is 0.351 e. The Labute approximate surface area is 136 Å². The van der Waals surface area contributed by atoms with E-state index in [1.165, 1.54) is 18.5 Å². The fraction of sp³-hybridized carbons (Fsp3) is 0.312. The molecule has 0 aliphatic heterocycles. The van der Waals surface area contributed by atoms with E-state index in [1.807, 2.05) is 13.8 Å². The average molecular weight is 335 g/mol. The monoisotopic (exact) mass is 335 g/mol. The molecule has 23 heavy (non-hydrogen) atoms. The first-order valence-corrected chi connectivity index (χ1v) is 8.88. The summed E-state index contributed by atoms with van der Waals surface area (Å²) in [6, 6.07) is 8.09. The van der Waals surface area contributed by atoms with Gasteiger partial charge in [0.05, 0.1) is 10.5 Å². The van der Waals surface area contributed by atoms with Crippen LogP contribution in [-0.4, -0.2) is 37.9 Å². The van der Waals surface area contributed by atoms with E-state index >= 15 is 0 Å². The van der Waals surface area contributed by atoms with Crippen molar-refractivity contribution in [1.29, 1.82) is 0 Å². The second-order valence-corrected chi connectivity index (χ2v) is 7.00. The Morgan fingerprint density at radius 2 is 1.83 bits per heavy atom. The summed E-state index contributed by atoms with van der Waals surface area (Å²) in [6.45, 7) is 5.87. The van der Waals surface area contributed by atoms with Gasteiger partial charge in [-0.25, -0.2) is 12.4 Å². The molecule has 1 amide bonds. The zero-order chi connectivity index (χ0) is 16.9. The zero-order valence-corrected chi connectivity index (χ0v) is 14.1. The highest BCUT2D eigenvalue weighted by molar-refractivity contribution is 7.90. The van der Waals surface area contributed by atoms with Gasteiger partial charge in [0.1, 0.15) is 0 Å². The second kappa shape index (κ2) is 7.43. The van der Waals surface area contributed by atoms with Crippen molar-refractivity contribution in [2.24, 2.45) is 0 Å². The fourth-order valence-corrected chi connectivity index (χ4v) is 3.23. The number of nitrogens with zero attached hydrogens (tertiary/aromatic N) is 1. The van der Waals surface area contributed by atoms with Crippen LogP contribution >= 0.6 is 0 Å². The molecule has 0 unspecified atom stereocenters. The van der Waals surface area contributed by atoms with Gasteiger partial charge in [-0.2, -0.15) is 0 Å². The molecule has 0 atom stereocenters. The number of rotatable bonds is 7. The third-order valence-corrected chi connectivity index (χ3v) is 5.01. The van der Waals surface area contributed by atoms with Crippen LogP contribution in [0, 0.1) is 6.92 Å². The van der Waals surface area contributed by atoms with Crippen molar-refractivity contribution in [2.45, 2.75) is 18.7 Å². The molecule has 0 aliphatic rings. The summed E-state index contributed by atoms with van der Waals surface area (Å²) in [5.74, 6) is -0.291. The number of aryl methyl sites for hydroxylation is 1. The Morgan fingerprint density at radius 3 is 2.48 bits per heavy atom. The third-order valence-electron chi connectivity index (χ3n) is 3.36. The van der Waals surface area contributed by atoms with E-state index in [9.17, 15) is 13.2 Å². The molecule has 1 aromatic carbocycles. The molecular weight excluding hydrogens is 314 g/mol. The first kappa shape index (κ1) is 17.2. The summed E-state index contributed by atoms with van der Waals surface area (Å²) in [4.78, 5) is 12.2. The molecular formula is C16H21N3O3S. The number of amides is 1. The SMILES string of the molecule is CCNCCNC(=O)c1ccn(S(=O)(=O)c2ccc(C)cc2)c1. The molecule has 1 aromatic heterocycles. The van der Waals surface area contributed by atoms with Crippen molar-refractivity contribution in [3.05, 3.63) is 53.9 Å². The van der Waals surface area contributed by atoms with E-state index in [0.717, 1.165) is 16.1 Å². The van der Waals surface area contributed by atoms with Gasteiger partial charge in [0, 0.05) is 25.5 Å². The van der Waals surface area contributed by atoms with Crippen molar-refractivity contribution >= 4 is 15.9 Å². The van der Waals surface area contributed by atoms with Crippen LogP contribution in [0.2, 0.25) is 0 Å². The topological polar surface area (TPSA) is 80.2 Å². The van der Waals surface area contributed by atoms with Crippen molar-refractivity contribution in [1.82, 2.24) is 14.6 Å². The average Bonchev–Trinajstić information content (AvgIpc) is 3.02. The van der Waals surface area contributed by atoms with Gasteiger partial charge in [-0.15, -0.1) is 0 Å². The second-order valence-electron chi connectivity index (χ2n) is 5.16. The zero-order valence-electron chi connectivity index (χ0n) is 13.2. The number of carbonyl (C=O) groups excluding carboxylic acids is 1. The summed E-state index contributed by atoms with van der Waals surface area (Å²) < 4.78 is 26.1. The molecule has 0 saturated carbocycles. The summed E-state index contributed by atoms with van der Waals surface area (Å²) in [6.07, 6.45) is 2.71. The molecule has 124 valence electrons. The van der Waals surface area contributed by atoms with Gasteiger partial charge in [-0.1, -0.05) is 24.6 Å². The van der Waals surface area contributed by atoms with Gasteiger partial charge < -0.3 is 10.6 Å². The van der Waals surface area contributed by atoms with Crippen LogP contribution in [-0.2, 0) is 10.0 Å². The molecule has 0 bridgehead atoms. The molecule has 0 saturated heterocycles. The normalized spacial score (nSPS) is 11.4. The molecule has 2 rings (SSSR count). The van der Waals surface area contributed by atoms with Gasteiger partial charge >= 0.3 is 0 Å². The quantitative estimate of drug-likeness (QED) is 0.749. The van der Waals surface area contributed by atoms with Crippen LogP contribution in [0.15, 0.2) is 47.6 Å². The molecule has 1 heterocycles. The maximum absolute atomic E-state index is 12.5. The van der Waals surface area contributed by atoms with Gasteiger partial charge in [-0.3, -0.25) is 4.79 Å². The van der Waals surface area contributed by atoms with Crippen molar-refractivity contribution in [3.63, 3.8) is 0 Å². The smallest absolute Gasteiger partial charge is 0.267 e. The van der Waals surface area contributed by atoms with Gasteiger partial charge in [0.15, 0.2) is 0 Å². The predicted molar refractivity (Wildman–Crippen MR) is 89.1 cm³/mol. The minimum absolute atomic E-state index is 0.192. The van der Waals surface area contributed by atoms with Crippen molar-refractivity contribution in [2.75, 3.05) is 19.6 Å². The Balaban J connectivity index is 2.11. The molecule has 6 nitrogen and oxygen atoms in total. The molecule has 0 aliphatic carbocycles. The Morgan fingerprint density at radius 1 is 1.13 bits per heavy atom. The van der Waals surface area contributed by atoms with Crippen LogP contribution < -0.4 is 10.6 Å². The van der Waals surface area contributed by atoms with E-state index in [0.29, 0.717) is 18.7 Å². The van der Waals surface area contributed by atoms with E-state index in [4.69, 9.17) is 0 Å². The number of hydrogen-bond donors (Lipinski definition) is 2. The van der Waals surface area contributed by atoms with Crippen molar-refractivity contribution in [3.8, 4) is 0 Å². The van der Waals surface area contributed by atoms with Crippen LogP contribution in [0.4, 0.5) is 0 Å². The Hall–Kier alpha value is -2.12. The highest BCUT2D eigenvalue weighted by atomic mass is 32.2. The maximum Gasteiger partial charge on any atom is 0.267 e. The molecule has 2 aromatic rings. The Bertz CT molecular complexity index is 764. The molecule has 7 heteroatoms. The summed E-state index contributed by atoms with van der Waals surface area (Å²) in [5, 5.41) is 5.83. The van der Waals surface area contributed by atoms with E-state index in [-0.39, 0.29) is 10.8 Å². The number of aromatic nitrogens is 1. The van der Waals surface area contributed by atoms with E-state index in [1.54, 1.807) is 24.3 Å². The summed E-state index contributed by atoms with van der Waals surface area (Å²) in [5.41, 5.74) is 1.30. The lowest BCUT2D eigenvalue weighted by atomic mass is 10.2. The lowest BCUT2D eigenvalue weighted by Gasteiger charge is -2.06. The number of benzene rings is 1. The van der Waals surface area contributed by atoms with Crippen molar-refractivity contribution < 1.29 is 13.2 Å². The van der Waals surface area contributed by atoms with Gasteiger partial charge in [0.25, 0.3) is 15.9 Å². The third kappa shape index (κ3) is 4.20. The molecule has 0 spiro atoms. The first-order chi connectivity index (χ1) is 10.9. The van der Waals surface area contributed by atoms with Gasteiger partial charge in [0.2, 0.25) is 0 Å². The number of nitrogens with one attached hydrogen (secondary N) is 2. The minimum atomic E-state index is -3.67. The van der Waals surface area contributed by atoms with Gasteiger partial charge in [-0.05, 0) is 31.7 Å². The highest BCUT2D eigenvalue weighted by Crippen LogP contribution is 2.15. The standard InChI is InChI=1S/C16H21N3O3S/c1-3-17-9-10-18-16(20)14-8-11-19(12-14)23(21,22)15-6-4-13(2)5-7-15/h4-8,11-12,17H,3,9-10H2,1-2H3,(H,18,20). The fourth-order valence-electron chi connectivity index (χ4n) is 2.04. The number of carbonyl (C=O) groups is 1. The predicted octanol–water partition coefficient (Wildman–Crippen LogP) is 1.37. The van der Waals surface area contributed by atoms with Crippen LogP contribution in [0.3, 0.4) is 0 Å². The lowest BCUT2D eigenvalue weighted by molar-refractivity contribution is 0.0954. The maximum atomic E-state index is 12.5. The number of likely N-dealkylation sites (N-methyl/N-ethyl adjacent to an activating group) is 1. The molecule has 2 N–H and O–H groups in total. The highest BCUT2D eigenvalue weighted by Gasteiger charge is 2.18. The van der Waals surface area contributed by atoms with E-state index < -0.39 is 10.0 Å². The summed E-state index contributed by atoms with van der Waals surface area (Å²) >= 11 is 0. The number of hydrogen-bond acceptors (Lipinski definition) is 4. The summed E-state index contributed by atoms with van der Waals surface area (Å²) in [7, 11) is -3.67. The molecule has 0 radical (unpaired) electrons. The minimum Gasteiger partial charge on any atom is -0.351 e. The van der Waals surface area contributed by atoms with Crippen LogP contribution in [0.1, 0.15) is 22.8 Å². The van der Waals surface area contributed by atoms with Crippen LogP contribution in [0.25, 0.3) is 0 Å². The lowest BCUT2D eigenvalue weighted by Crippen LogP contribution is -2.31. The first-order valence-electron chi connectivity index (χ1n) is 7.44. The molecule has 0 fully saturated rings.